The molecule has 10 heteroatoms. The molecule has 0 amide bonds. The first kappa shape index (κ1) is 17.4. The third-order valence-corrected chi connectivity index (χ3v) is 7.31. The minimum absolute atomic E-state index is 0.288. The molecule has 1 aliphatic rings. The highest BCUT2D eigenvalue weighted by Gasteiger charge is 2.30. The van der Waals surface area contributed by atoms with Gasteiger partial charge in [0.15, 0.2) is 5.82 Å². The summed E-state index contributed by atoms with van der Waals surface area (Å²) in [5.41, 5.74) is 0. The molecule has 2 aromatic rings. The fourth-order valence-corrected chi connectivity index (χ4v) is 5.55. The minimum atomic E-state index is -3.47. The summed E-state index contributed by atoms with van der Waals surface area (Å²) in [6, 6.07) is 6.94. The molecule has 0 aliphatic carbocycles. The molecule has 0 saturated carbocycles. The van der Waals surface area contributed by atoms with E-state index in [4.69, 9.17) is 11.6 Å². The Labute approximate surface area is 150 Å². The molecule has 0 aromatic carbocycles. The molecular weight excluding hydrogens is 370 g/mol. The number of anilines is 2. The maximum Gasteiger partial charge on any atom is 0.252 e. The Kier molecular flexibility index (Phi) is 5.24. The van der Waals surface area contributed by atoms with Crippen molar-refractivity contribution in [2.45, 2.75) is 11.1 Å². The van der Waals surface area contributed by atoms with E-state index in [2.05, 4.69) is 15.5 Å². The Balaban J connectivity index is 1.65. The zero-order chi connectivity index (χ0) is 17.2. The second-order valence-electron chi connectivity index (χ2n) is 5.26. The first-order valence-corrected chi connectivity index (χ1v) is 10.2. The van der Waals surface area contributed by atoms with Gasteiger partial charge in [0, 0.05) is 32.7 Å². The highest BCUT2D eigenvalue weighted by atomic mass is 35.5. The van der Waals surface area contributed by atoms with E-state index in [0.29, 0.717) is 30.5 Å². The predicted molar refractivity (Wildman–Crippen MR) is 96.5 cm³/mol. The normalized spacial score (nSPS) is 16.3. The molecule has 0 radical (unpaired) electrons. The molecule has 0 unspecified atom stereocenters. The second kappa shape index (κ2) is 7.22. The Hall–Kier alpha value is -1.42. The lowest BCUT2D eigenvalue weighted by Crippen LogP contribution is -2.48. The standard InChI is InChI=1S/C14H18ClN5O2S2/c1-2-16-12-4-5-13(18-17-12)19-7-9-20(10-8-19)24(21,22)14-6-3-11(15)23-14/h3-6H,2,7-10H2,1H3,(H,16,17). The van der Waals surface area contributed by atoms with Gasteiger partial charge in [0.05, 0.1) is 4.34 Å². The van der Waals surface area contributed by atoms with E-state index in [1.807, 2.05) is 24.0 Å². The summed E-state index contributed by atoms with van der Waals surface area (Å²) in [4.78, 5) is 2.04. The van der Waals surface area contributed by atoms with E-state index in [-0.39, 0.29) is 4.21 Å². The molecule has 1 N–H and O–H groups in total. The van der Waals surface area contributed by atoms with E-state index in [1.165, 1.54) is 4.31 Å². The van der Waals surface area contributed by atoms with Gasteiger partial charge in [-0.15, -0.1) is 21.5 Å². The average Bonchev–Trinajstić information content (AvgIpc) is 3.03. The van der Waals surface area contributed by atoms with Crippen LogP contribution in [0.5, 0.6) is 0 Å². The summed E-state index contributed by atoms with van der Waals surface area (Å²) in [6.45, 7) is 4.76. The van der Waals surface area contributed by atoms with Crippen molar-refractivity contribution < 1.29 is 8.42 Å². The number of nitrogens with one attached hydrogen (secondary N) is 1. The molecule has 1 saturated heterocycles. The van der Waals surface area contributed by atoms with Gasteiger partial charge < -0.3 is 10.2 Å². The molecule has 0 spiro atoms. The van der Waals surface area contributed by atoms with E-state index in [1.54, 1.807) is 12.1 Å². The van der Waals surface area contributed by atoms with E-state index in [9.17, 15) is 8.42 Å². The highest BCUT2D eigenvalue weighted by molar-refractivity contribution is 7.91. The van der Waals surface area contributed by atoms with Crippen LogP contribution < -0.4 is 10.2 Å². The third-order valence-electron chi connectivity index (χ3n) is 3.71. The highest BCUT2D eigenvalue weighted by Crippen LogP contribution is 2.29. The summed E-state index contributed by atoms with van der Waals surface area (Å²) in [5, 5.41) is 11.4. The first-order chi connectivity index (χ1) is 11.5. The van der Waals surface area contributed by atoms with Crippen molar-refractivity contribution in [3.8, 4) is 0 Å². The number of halogens is 1. The van der Waals surface area contributed by atoms with Crippen LogP contribution in [-0.4, -0.2) is 55.6 Å². The number of sulfonamides is 1. The summed E-state index contributed by atoms with van der Waals surface area (Å²) in [5.74, 6) is 1.49. The summed E-state index contributed by atoms with van der Waals surface area (Å²) < 4.78 is 27.4. The fraction of sp³-hybridized carbons (Fsp3) is 0.429. The van der Waals surface area contributed by atoms with Crippen LogP contribution in [0.3, 0.4) is 0 Å². The van der Waals surface area contributed by atoms with Gasteiger partial charge >= 0.3 is 0 Å². The number of hydrogen-bond donors (Lipinski definition) is 1. The van der Waals surface area contributed by atoms with Crippen LogP contribution in [-0.2, 0) is 10.0 Å². The topological polar surface area (TPSA) is 78.4 Å². The Morgan fingerprint density at radius 3 is 2.46 bits per heavy atom. The van der Waals surface area contributed by atoms with Gasteiger partial charge in [-0.2, -0.15) is 4.31 Å². The monoisotopic (exact) mass is 387 g/mol. The molecule has 24 heavy (non-hydrogen) atoms. The largest absolute Gasteiger partial charge is 0.369 e. The zero-order valence-electron chi connectivity index (χ0n) is 13.1. The molecule has 7 nitrogen and oxygen atoms in total. The van der Waals surface area contributed by atoms with Crippen molar-refractivity contribution in [3.63, 3.8) is 0 Å². The van der Waals surface area contributed by atoms with Crippen molar-refractivity contribution in [2.24, 2.45) is 0 Å². The maximum atomic E-state index is 12.6. The van der Waals surface area contributed by atoms with Gasteiger partial charge in [-0.3, -0.25) is 0 Å². The van der Waals surface area contributed by atoms with Gasteiger partial charge in [-0.1, -0.05) is 11.6 Å². The molecule has 0 atom stereocenters. The van der Waals surface area contributed by atoms with Gasteiger partial charge in [-0.05, 0) is 31.2 Å². The lowest BCUT2D eigenvalue weighted by Gasteiger charge is -2.34. The SMILES string of the molecule is CCNc1ccc(N2CCN(S(=O)(=O)c3ccc(Cl)s3)CC2)nn1. The number of rotatable bonds is 5. The van der Waals surface area contributed by atoms with Crippen LogP contribution in [0.2, 0.25) is 4.34 Å². The molecule has 2 aromatic heterocycles. The summed E-state index contributed by atoms with van der Waals surface area (Å²) in [6.07, 6.45) is 0. The van der Waals surface area contributed by atoms with E-state index in [0.717, 1.165) is 29.5 Å². The summed E-state index contributed by atoms with van der Waals surface area (Å²) >= 11 is 6.94. The Morgan fingerprint density at radius 2 is 1.92 bits per heavy atom. The van der Waals surface area contributed by atoms with E-state index >= 15 is 0 Å². The van der Waals surface area contributed by atoms with E-state index < -0.39 is 10.0 Å². The number of nitrogens with zero attached hydrogens (tertiary/aromatic N) is 4. The van der Waals surface area contributed by atoms with Crippen LogP contribution in [0.4, 0.5) is 11.6 Å². The third kappa shape index (κ3) is 3.64. The molecule has 1 aliphatic heterocycles. The number of hydrogen-bond acceptors (Lipinski definition) is 7. The van der Waals surface area contributed by atoms with Crippen LogP contribution in [0.1, 0.15) is 6.92 Å². The number of thiophene rings is 1. The quantitative estimate of drug-likeness (QED) is 0.846. The number of piperazine rings is 1. The van der Waals surface area contributed by atoms with Gasteiger partial charge in [0.25, 0.3) is 10.0 Å². The zero-order valence-corrected chi connectivity index (χ0v) is 15.5. The lowest BCUT2D eigenvalue weighted by atomic mass is 10.3. The summed E-state index contributed by atoms with van der Waals surface area (Å²) in [7, 11) is -3.47. The van der Waals surface area contributed by atoms with Crippen molar-refractivity contribution in [1.82, 2.24) is 14.5 Å². The number of aromatic nitrogens is 2. The molecule has 3 heterocycles. The fourth-order valence-electron chi connectivity index (χ4n) is 2.49. The van der Waals surface area contributed by atoms with Crippen LogP contribution in [0.15, 0.2) is 28.5 Å². The second-order valence-corrected chi connectivity index (χ2v) is 9.14. The smallest absolute Gasteiger partial charge is 0.252 e. The molecule has 130 valence electrons. The van der Waals surface area contributed by atoms with Crippen molar-refractivity contribution in [1.29, 1.82) is 0 Å². The maximum absolute atomic E-state index is 12.6. The van der Waals surface area contributed by atoms with Crippen LogP contribution >= 0.6 is 22.9 Å². The lowest BCUT2D eigenvalue weighted by molar-refractivity contribution is 0.384. The Bertz CT molecular complexity index is 786. The van der Waals surface area contributed by atoms with Gasteiger partial charge in [0.2, 0.25) is 0 Å². The average molecular weight is 388 g/mol. The minimum Gasteiger partial charge on any atom is -0.369 e. The molecule has 0 bridgehead atoms. The van der Waals surface area contributed by atoms with Crippen molar-refractivity contribution >= 4 is 44.6 Å². The van der Waals surface area contributed by atoms with Crippen molar-refractivity contribution in [2.75, 3.05) is 42.9 Å². The molecule has 3 rings (SSSR count). The molecule has 1 fully saturated rings. The van der Waals surface area contributed by atoms with Crippen LogP contribution in [0, 0.1) is 0 Å². The first-order valence-electron chi connectivity index (χ1n) is 7.59. The Morgan fingerprint density at radius 1 is 1.17 bits per heavy atom. The predicted octanol–water partition coefficient (Wildman–Crippen LogP) is 2.13. The van der Waals surface area contributed by atoms with Gasteiger partial charge in [-0.25, -0.2) is 8.42 Å². The van der Waals surface area contributed by atoms with Gasteiger partial charge in [0.1, 0.15) is 10.0 Å². The molecular formula is C14H18ClN5O2S2. The van der Waals surface area contributed by atoms with Crippen LogP contribution in [0.25, 0.3) is 0 Å². The van der Waals surface area contributed by atoms with Crippen molar-refractivity contribution in [3.05, 3.63) is 28.6 Å².